The third-order valence-corrected chi connectivity index (χ3v) is 14.7. The lowest BCUT2D eigenvalue weighted by Crippen LogP contribution is -2.61. The van der Waals surface area contributed by atoms with Crippen molar-refractivity contribution >= 4 is 55.5 Å². The van der Waals surface area contributed by atoms with Crippen LogP contribution in [0.4, 0.5) is 33.9 Å². The molecular formula is C42H42F4N10O6S. The van der Waals surface area contributed by atoms with Crippen LogP contribution >= 0.6 is 0 Å². The quantitative estimate of drug-likeness (QED) is 0.160. The number of aromatic nitrogens is 4. The Morgan fingerprint density at radius 2 is 1.76 bits per heavy atom. The van der Waals surface area contributed by atoms with Crippen LogP contribution in [0.15, 0.2) is 53.6 Å². The van der Waals surface area contributed by atoms with E-state index in [1.165, 1.54) is 51.8 Å². The third-order valence-electron chi connectivity index (χ3n) is 13.1. The van der Waals surface area contributed by atoms with Gasteiger partial charge in [0, 0.05) is 51.1 Å². The number of hydrogen-bond acceptors (Lipinski definition) is 10. The molecule has 4 heterocycles. The first-order valence-corrected chi connectivity index (χ1v) is 21.9. The fourth-order valence-electron chi connectivity index (χ4n) is 9.63. The molecule has 0 unspecified atom stereocenters. The number of carbonyl (C=O) groups excluding carboxylic acids is 2. The smallest absolute Gasteiger partial charge is 0.329 e. The molecule has 63 heavy (non-hydrogen) atoms. The number of hydrogen-bond donors (Lipinski definition) is 2. The molecule has 3 amide bonds. The van der Waals surface area contributed by atoms with Gasteiger partial charge in [-0.3, -0.25) is 38.7 Å². The number of amides is 3. The van der Waals surface area contributed by atoms with Gasteiger partial charge >= 0.3 is 16.2 Å². The molecule has 16 nitrogen and oxygen atoms in total. The molecule has 1 atom stereocenters. The van der Waals surface area contributed by atoms with Crippen molar-refractivity contribution in [3.8, 4) is 17.6 Å². The van der Waals surface area contributed by atoms with Gasteiger partial charge in [-0.15, -0.1) is 0 Å². The lowest BCUT2D eigenvalue weighted by Gasteiger charge is -2.61. The topological polar surface area (TPSA) is 188 Å². The average Bonchev–Trinajstić information content (AvgIpc) is 3.51. The summed E-state index contributed by atoms with van der Waals surface area (Å²) in [6.07, 6.45) is 4.15. The molecule has 2 saturated carbocycles. The molecule has 4 fully saturated rings. The minimum absolute atomic E-state index is 0.0186. The van der Waals surface area contributed by atoms with Crippen LogP contribution in [0.5, 0.6) is 11.5 Å². The summed E-state index contributed by atoms with van der Waals surface area (Å²) in [5, 5.41) is 16.9. The maximum atomic E-state index is 16.0. The molecule has 330 valence electrons. The number of alkyl halides is 2. The number of piperidine rings is 1. The summed E-state index contributed by atoms with van der Waals surface area (Å²) in [4.78, 5) is 45.4. The number of nitrogens with one attached hydrogen (secondary N) is 2. The molecule has 2 N–H and O–H groups in total. The monoisotopic (exact) mass is 890 g/mol. The van der Waals surface area contributed by atoms with Crippen molar-refractivity contribution < 1.29 is 40.3 Å². The van der Waals surface area contributed by atoms with E-state index in [9.17, 15) is 28.1 Å². The largest absolute Gasteiger partial charge is 0.453 e. The highest BCUT2D eigenvalue weighted by Gasteiger charge is 2.57. The number of anilines is 2. The van der Waals surface area contributed by atoms with Crippen LogP contribution in [0, 0.1) is 28.4 Å². The molecule has 1 spiro atoms. The molecule has 2 aliphatic carbocycles. The third kappa shape index (κ3) is 7.32. The first-order valence-electron chi connectivity index (χ1n) is 20.5. The van der Waals surface area contributed by atoms with Crippen molar-refractivity contribution in [3.05, 3.63) is 81.9 Å². The van der Waals surface area contributed by atoms with Gasteiger partial charge in [0.1, 0.15) is 23.2 Å². The van der Waals surface area contributed by atoms with E-state index in [0.717, 1.165) is 22.5 Å². The maximum absolute atomic E-state index is 16.0. The van der Waals surface area contributed by atoms with Gasteiger partial charge in [-0.25, -0.2) is 27.3 Å². The molecule has 5 aromatic rings. The van der Waals surface area contributed by atoms with Gasteiger partial charge < -0.3 is 4.74 Å². The molecule has 2 saturated heterocycles. The van der Waals surface area contributed by atoms with Crippen molar-refractivity contribution in [2.45, 2.75) is 69.4 Å². The number of benzene rings is 3. The van der Waals surface area contributed by atoms with Gasteiger partial charge in [-0.05, 0) is 92.1 Å². The lowest BCUT2D eigenvalue weighted by molar-refractivity contribution is -0.139. The van der Waals surface area contributed by atoms with E-state index >= 15 is 17.6 Å². The van der Waals surface area contributed by atoms with E-state index in [2.05, 4.69) is 20.1 Å². The number of carbonyl (C=O) groups is 2. The van der Waals surface area contributed by atoms with Crippen LogP contribution in [-0.2, 0) is 22.1 Å². The van der Waals surface area contributed by atoms with Crippen molar-refractivity contribution in [1.82, 2.24) is 33.9 Å². The van der Waals surface area contributed by atoms with Gasteiger partial charge in [0.25, 0.3) is 11.5 Å². The van der Waals surface area contributed by atoms with Crippen LogP contribution in [0.2, 0.25) is 0 Å². The number of nitriles is 1. The minimum Gasteiger partial charge on any atom is -0.453 e. The fraction of sp³-hybridized carbons (Fsp3) is 0.429. The van der Waals surface area contributed by atoms with Crippen molar-refractivity contribution in [2.24, 2.45) is 12.5 Å². The Labute approximate surface area is 358 Å². The van der Waals surface area contributed by atoms with Gasteiger partial charge in [0.05, 0.1) is 40.9 Å². The lowest BCUT2D eigenvalue weighted by atomic mass is 9.51. The van der Waals surface area contributed by atoms with E-state index in [4.69, 9.17) is 4.74 Å². The molecule has 0 radical (unpaired) electrons. The highest BCUT2D eigenvalue weighted by atomic mass is 32.2. The standard InChI is InChI=1S/C42H42F4N10O6S/c1-4-52(2)63(60,61)51-34-8-6-31(43)37(29(34)20-47)62-25-5-7-33-27(13-25)39(58)56(22-48-33)24-18-41(19-24)16-23(17-41)54-11-9-30(42(45,46)21-54)26-15-35-28(14-32(26)44)38(50-53(35)3)55-12-10-36(57)49-40(55)59/h5-8,13-15,22-24,30,51H,4,9-12,16-19,21H2,1-3H3,(H,49,57,59)/t23?,24?,30-,41?/m0/s1. The zero-order valence-electron chi connectivity index (χ0n) is 34.4. The van der Waals surface area contributed by atoms with E-state index in [0.29, 0.717) is 43.3 Å². The number of likely N-dealkylation sites (tertiary alicyclic amines) is 1. The number of halogens is 4. The second kappa shape index (κ2) is 15.3. The molecule has 2 aliphatic heterocycles. The highest BCUT2D eigenvalue weighted by molar-refractivity contribution is 7.90. The maximum Gasteiger partial charge on any atom is 0.329 e. The number of urea groups is 1. The second-order valence-corrected chi connectivity index (χ2v) is 18.7. The second-order valence-electron chi connectivity index (χ2n) is 17.0. The normalized spacial score (nSPS) is 23.7. The number of ether oxygens (including phenoxy) is 1. The van der Waals surface area contributed by atoms with Crippen molar-refractivity contribution in [1.29, 1.82) is 5.26 Å². The van der Waals surface area contributed by atoms with E-state index in [-0.39, 0.29) is 82.6 Å². The summed E-state index contributed by atoms with van der Waals surface area (Å²) in [6.45, 7) is 1.63. The van der Waals surface area contributed by atoms with E-state index in [1.54, 1.807) is 24.9 Å². The number of aryl methyl sites for hydroxylation is 1. The number of imide groups is 1. The van der Waals surface area contributed by atoms with Gasteiger partial charge in [-0.2, -0.15) is 23.1 Å². The zero-order chi connectivity index (χ0) is 44.7. The Balaban J connectivity index is 0.853. The number of nitrogens with zero attached hydrogens (tertiary/aromatic N) is 8. The minimum atomic E-state index is -4.05. The summed E-state index contributed by atoms with van der Waals surface area (Å²) >= 11 is 0. The van der Waals surface area contributed by atoms with Gasteiger partial charge in [0.15, 0.2) is 17.4 Å². The average molecular weight is 891 g/mol. The van der Waals surface area contributed by atoms with Crippen LogP contribution in [0.25, 0.3) is 21.8 Å². The summed E-state index contributed by atoms with van der Waals surface area (Å²) in [6, 6.07) is 9.80. The molecule has 4 aliphatic rings. The Morgan fingerprint density at radius 3 is 2.46 bits per heavy atom. The number of rotatable bonds is 10. The Bertz CT molecular complexity index is 2940. The van der Waals surface area contributed by atoms with Crippen LogP contribution in [0.3, 0.4) is 0 Å². The predicted octanol–water partition coefficient (Wildman–Crippen LogP) is 5.89. The van der Waals surface area contributed by atoms with Gasteiger partial charge in [-0.1, -0.05) is 6.92 Å². The van der Waals surface area contributed by atoms with Crippen molar-refractivity contribution in [3.63, 3.8) is 0 Å². The Kier molecular flexibility index (Phi) is 10.3. The van der Waals surface area contributed by atoms with Crippen LogP contribution in [-0.4, -0.2) is 94.1 Å². The SMILES string of the molecule is CCN(C)S(=O)(=O)Nc1ccc(F)c(Oc2ccc3ncn(C4CC5(CC(N6CC[C@@H](c7cc8c(cc7F)c(N7CCC(=O)NC7=O)nn8C)C(F)(F)C6)C5)C4)c(=O)c3c2)c1C#N. The van der Waals surface area contributed by atoms with Crippen LogP contribution in [0.1, 0.15) is 68.5 Å². The first kappa shape index (κ1) is 42.2. The predicted molar refractivity (Wildman–Crippen MR) is 222 cm³/mol. The molecule has 2 aromatic heterocycles. The fourth-order valence-corrected chi connectivity index (χ4v) is 10.6. The zero-order valence-corrected chi connectivity index (χ0v) is 35.2. The summed E-state index contributed by atoms with van der Waals surface area (Å²) in [5.74, 6) is -7.16. The molecule has 0 bridgehead atoms. The van der Waals surface area contributed by atoms with Crippen LogP contribution < -0.4 is 25.2 Å². The highest BCUT2D eigenvalue weighted by Crippen LogP contribution is 2.62. The van der Waals surface area contributed by atoms with E-state index in [1.807, 2.05) is 0 Å². The van der Waals surface area contributed by atoms with Gasteiger partial charge in [0.2, 0.25) is 5.91 Å². The summed E-state index contributed by atoms with van der Waals surface area (Å²) in [5.41, 5.74) is -0.453. The Morgan fingerprint density at radius 1 is 1.02 bits per heavy atom. The molecular weight excluding hydrogens is 849 g/mol. The molecule has 9 rings (SSSR count). The Hall–Kier alpha value is -6.11. The van der Waals surface area contributed by atoms with Crippen molar-refractivity contribution in [2.75, 3.05) is 42.8 Å². The van der Waals surface area contributed by atoms with E-state index < -0.39 is 63.5 Å². The summed E-state index contributed by atoms with van der Waals surface area (Å²) < 4.78 is 100. The number of fused-ring (bicyclic) bond motifs is 2. The molecule has 3 aromatic carbocycles. The summed E-state index contributed by atoms with van der Waals surface area (Å²) in [7, 11) is -1.12. The molecule has 21 heteroatoms. The first-order chi connectivity index (χ1) is 29.9.